The number of para-hydroxylation sites is 2. The van der Waals surface area contributed by atoms with Crippen molar-refractivity contribution in [3.05, 3.63) is 90.0 Å². The van der Waals surface area contributed by atoms with Crippen molar-refractivity contribution in [3.8, 4) is 5.75 Å². The van der Waals surface area contributed by atoms with Crippen LogP contribution in [0, 0.1) is 0 Å². The zero-order valence-electron chi connectivity index (χ0n) is 17.5. The van der Waals surface area contributed by atoms with Crippen LogP contribution in [0.1, 0.15) is 22.8 Å². The average Bonchev–Trinajstić information content (AvgIpc) is 2.78. The van der Waals surface area contributed by atoms with E-state index in [9.17, 15) is 18.0 Å². The average molecular weight is 451 g/mol. The van der Waals surface area contributed by atoms with Crippen molar-refractivity contribution in [1.29, 1.82) is 0 Å². The highest BCUT2D eigenvalue weighted by Crippen LogP contribution is 2.26. The van der Waals surface area contributed by atoms with Gasteiger partial charge in [0.25, 0.3) is 10.0 Å². The SMILES string of the molecule is COc1ccccc1NS(=O)(=O)c1ccc(/C=C/C(=O)Nc2cccc(C(C)=O)c2)cc1. The minimum absolute atomic E-state index is 0.0751. The molecule has 32 heavy (non-hydrogen) atoms. The number of sulfonamides is 1. The van der Waals surface area contributed by atoms with Crippen LogP contribution in [0.2, 0.25) is 0 Å². The Balaban J connectivity index is 1.67. The molecule has 0 fully saturated rings. The smallest absolute Gasteiger partial charge is 0.262 e. The molecule has 1 amide bonds. The lowest BCUT2D eigenvalue weighted by atomic mass is 10.1. The van der Waals surface area contributed by atoms with Crippen LogP contribution in [0.15, 0.2) is 83.8 Å². The highest BCUT2D eigenvalue weighted by molar-refractivity contribution is 7.92. The lowest BCUT2D eigenvalue weighted by Gasteiger charge is -2.11. The van der Waals surface area contributed by atoms with E-state index in [0.717, 1.165) is 0 Å². The Morgan fingerprint density at radius 1 is 0.938 bits per heavy atom. The molecule has 3 aromatic carbocycles. The number of ketones is 1. The lowest BCUT2D eigenvalue weighted by Crippen LogP contribution is -2.13. The number of Topliss-reactive ketones (excluding diaryl/α,β-unsaturated/α-hetero) is 1. The Morgan fingerprint density at radius 3 is 2.34 bits per heavy atom. The molecule has 164 valence electrons. The summed E-state index contributed by atoms with van der Waals surface area (Å²) >= 11 is 0. The molecule has 0 aromatic heterocycles. The van der Waals surface area contributed by atoms with Gasteiger partial charge in [-0.25, -0.2) is 8.42 Å². The van der Waals surface area contributed by atoms with Gasteiger partial charge in [-0.1, -0.05) is 36.4 Å². The first-order valence-electron chi connectivity index (χ1n) is 9.64. The van der Waals surface area contributed by atoms with Crippen LogP contribution in [-0.2, 0) is 14.8 Å². The van der Waals surface area contributed by atoms with E-state index in [4.69, 9.17) is 4.74 Å². The third kappa shape index (κ3) is 5.83. The third-order valence-electron chi connectivity index (χ3n) is 4.51. The Labute approximate surface area is 186 Å². The van der Waals surface area contributed by atoms with Crippen molar-refractivity contribution in [1.82, 2.24) is 0 Å². The van der Waals surface area contributed by atoms with Crippen LogP contribution < -0.4 is 14.8 Å². The van der Waals surface area contributed by atoms with Crippen molar-refractivity contribution in [3.63, 3.8) is 0 Å². The van der Waals surface area contributed by atoms with E-state index in [1.807, 2.05) is 0 Å². The van der Waals surface area contributed by atoms with Gasteiger partial charge in [0.1, 0.15) is 5.75 Å². The molecule has 7 nitrogen and oxygen atoms in total. The third-order valence-corrected chi connectivity index (χ3v) is 5.89. The molecule has 0 aliphatic rings. The fourth-order valence-electron chi connectivity index (χ4n) is 2.86. The van der Waals surface area contributed by atoms with Crippen LogP contribution in [0.5, 0.6) is 5.75 Å². The fourth-order valence-corrected chi connectivity index (χ4v) is 3.93. The van der Waals surface area contributed by atoms with E-state index in [1.54, 1.807) is 66.7 Å². The molecule has 0 saturated heterocycles. The zero-order chi connectivity index (χ0) is 23.1. The number of carbonyl (C=O) groups is 2. The van der Waals surface area contributed by atoms with Crippen LogP contribution in [-0.4, -0.2) is 27.2 Å². The molecule has 0 heterocycles. The van der Waals surface area contributed by atoms with Crippen molar-refractivity contribution >= 4 is 39.2 Å². The number of nitrogens with one attached hydrogen (secondary N) is 2. The summed E-state index contributed by atoms with van der Waals surface area (Å²) in [6.45, 7) is 1.45. The topological polar surface area (TPSA) is 102 Å². The fraction of sp³-hybridized carbons (Fsp3) is 0.0833. The highest BCUT2D eigenvalue weighted by atomic mass is 32.2. The summed E-state index contributed by atoms with van der Waals surface area (Å²) in [5.74, 6) is -0.0531. The number of carbonyl (C=O) groups excluding carboxylic acids is 2. The monoisotopic (exact) mass is 450 g/mol. The number of anilines is 2. The van der Waals surface area contributed by atoms with E-state index >= 15 is 0 Å². The lowest BCUT2D eigenvalue weighted by molar-refractivity contribution is -0.111. The second-order valence-corrected chi connectivity index (χ2v) is 8.52. The van der Waals surface area contributed by atoms with Gasteiger partial charge in [-0.05, 0) is 55.0 Å². The predicted octanol–water partition coefficient (Wildman–Crippen LogP) is 4.35. The number of benzene rings is 3. The minimum Gasteiger partial charge on any atom is -0.495 e. The Kier molecular flexibility index (Phi) is 7.07. The molecule has 3 aromatic rings. The number of amides is 1. The van der Waals surface area contributed by atoms with Crippen molar-refractivity contribution in [2.45, 2.75) is 11.8 Å². The quantitative estimate of drug-likeness (QED) is 0.392. The second kappa shape index (κ2) is 9.93. The van der Waals surface area contributed by atoms with Crippen LogP contribution >= 0.6 is 0 Å². The maximum atomic E-state index is 12.7. The summed E-state index contributed by atoms with van der Waals surface area (Å²) in [6.07, 6.45) is 2.89. The molecule has 0 atom stereocenters. The number of hydrogen-bond acceptors (Lipinski definition) is 5. The van der Waals surface area contributed by atoms with E-state index in [-0.39, 0.29) is 16.6 Å². The molecule has 2 N–H and O–H groups in total. The first-order valence-corrected chi connectivity index (χ1v) is 11.1. The molecule has 0 bridgehead atoms. The van der Waals surface area contributed by atoms with Crippen LogP contribution in [0.25, 0.3) is 6.08 Å². The van der Waals surface area contributed by atoms with Gasteiger partial charge in [0.2, 0.25) is 5.91 Å². The largest absolute Gasteiger partial charge is 0.495 e. The molecule has 0 spiro atoms. The van der Waals surface area contributed by atoms with Gasteiger partial charge in [-0.15, -0.1) is 0 Å². The number of methoxy groups -OCH3 is 1. The van der Waals surface area contributed by atoms with Crippen molar-refractivity contribution in [2.75, 3.05) is 17.1 Å². The van der Waals surface area contributed by atoms with Gasteiger partial charge < -0.3 is 10.1 Å². The molecule has 8 heteroatoms. The summed E-state index contributed by atoms with van der Waals surface area (Å²) in [5, 5.41) is 2.69. The van der Waals surface area contributed by atoms with E-state index in [1.165, 1.54) is 32.2 Å². The predicted molar refractivity (Wildman–Crippen MR) is 124 cm³/mol. The summed E-state index contributed by atoms with van der Waals surface area (Å²) in [5.41, 5.74) is 2.00. The molecular formula is C24H22N2O5S. The first kappa shape index (κ1) is 22.8. The standard InChI is InChI=1S/C24H22N2O5S/c1-17(27)19-6-5-7-20(16-19)25-24(28)15-12-18-10-13-21(14-11-18)32(29,30)26-22-8-3-4-9-23(22)31-2/h3-16,26H,1-2H3,(H,25,28)/b15-12+. The van der Waals surface area contributed by atoms with Gasteiger partial charge in [0.15, 0.2) is 5.78 Å². The molecule has 0 aliphatic carbocycles. The molecule has 0 aliphatic heterocycles. The molecular weight excluding hydrogens is 428 g/mol. The molecule has 0 saturated carbocycles. The second-order valence-electron chi connectivity index (χ2n) is 6.83. The molecule has 0 radical (unpaired) electrons. The first-order chi connectivity index (χ1) is 15.3. The normalized spacial score (nSPS) is 11.2. The van der Waals surface area contributed by atoms with Crippen molar-refractivity contribution in [2.24, 2.45) is 0 Å². The van der Waals surface area contributed by atoms with E-state index in [2.05, 4.69) is 10.0 Å². The summed E-state index contributed by atoms with van der Waals surface area (Å²) in [6, 6.07) is 19.5. The zero-order valence-corrected chi connectivity index (χ0v) is 18.3. The summed E-state index contributed by atoms with van der Waals surface area (Å²) in [7, 11) is -2.34. The number of rotatable bonds is 8. The Bertz CT molecular complexity index is 1270. The maximum absolute atomic E-state index is 12.7. The highest BCUT2D eigenvalue weighted by Gasteiger charge is 2.16. The Morgan fingerprint density at radius 2 is 1.66 bits per heavy atom. The summed E-state index contributed by atoms with van der Waals surface area (Å²) in [4.78, 5) is 23.7. The van der Waals surface area contributed by atoms with E-state index in [0.29, 0.717) is 28.3 Å². The summed E-state index contributed by atoms with van der Waals surface area (Å²) < 4.78 is 33.0. The Hall–Kier alpha value is -3.91. The molecule has 0 unspecified atom stereocenters. The number of ether oxygens (including phenoxy) is 1. The van der Waals surface area contributed by atoms with Gasteiger partial charge in [-0.3, -0.25) is 14.3 Å². The van der Waals surface area contributed by atoms with Gasteiger partial charge in [-0.2, -0.15) is 0 Å². The van der Waals surface area contributed by atoms with Crippen molar-refractivity contribution < 1.29 is 22.7 Å². The maximum Gasteiger partial charge on any atom is 0.262 e. The van der Waals surface area contributed by atoms with Gasteiger partial charge in [0, 0.05) is 17.3 Å². The van der Waals surface area contributed by atoms with Crippen LogP contribution in [0.3, 0.4) is 0 Å². The van der Waals surface area contributed by atoms with Gasteiger partial charge in [0.05, 0.1) is 17.7 Å². The van der Waals surface area contributed by atoms with Gasteiger partial charge >= 0.3 is 0 Å². The van der Waals surface area contributed by atoms with Crippen LogP contribution in [0.4, 0.5) is 11.4 Å². The molecule has 3 rings (SSSR count). The van der Waals surface area contributed by atoms with E-state index < -0.39 is 10.0 Å². The number of hydrogen-bond donors (Lipinski definition) is 2. The minimum atomic E-state index is -3.81.